The number of hydrogen-bond acceptors (Lipinski definition) is 5. The van der Waals surface area contributed by atoms with E-state index in [9.17, 15) is 18.0 Å². The molecular weight excluding hydrogens is 538 g/mol. The van der Waals surface area contributed by atoms with E-state index >= 15 is 0 Å². The summed E-state index contributed by atoms with van der Waals surface area (Å²) in [5.74, 6) is -0.375. The van der Waals surface area contributed by atoms with E-state index in [1.165, 1.54) is 17.0 Å². The Bertz CT molecular complexity index is 1370. The number of nitrogens with zero attached hydrogens (tertiary/aromatic N) is 2. The van der Waals surface area contributed by atoms with Gasteiger partial charge in [0.05, 0.1) is 17.2 Å². The lowest BCUT2D eigenvalue weighted by Crippen LogP contribution is -2.52. The molecule has 0 fully saturated rings. The predicted molar refractivity (Wildman–Crippen MR) is 153 cm³/mol. The first-order chi connectivity index (χ1) is 18.5. The summed E-state index contributed by atoms with van der Waals surface area (Å²) in [7, 11) is -4.16. The van der Waals surface area contributed by atoms with Crippen LogP contribution in [-0.2, 0) is 26.2 Å². The number of sulfonamides is 1. The van der Waals surface area contributed by atoms with Crippen molar-refractivity contribution in [2.45, 2.75) is 51.2 Å². The van der Waals surface area contributed by atoms with Gasteiger partial charge in [-0.1, -0.05) is 48.0 Å². The van der Waals surface area contributed by atoms with Crippen LogP contribution in [0.4, 0.5) is 5.69 Å². The van der Waals surface area contributed by atoms with E-state index in [2.05, 4.69) is 5.32 Å². The van der Waals surface area contributed by atoms with Crippen molar-refractivity contribution < 1.29 is 22.7 Å². The highest BCUT2D eigenvalue weighted by Crippen LogP contribution is 2.26. The van der Waals surface area contributed by atoms with Crippen molar-refractivity contribution in [3.8, 4) is 5.75 Å². The molecule has 3 rings (SSSR count). The lowest BCUT2D eigenvalue weighted by Gasteiger charge is -2.32. The van der Waals surface area contributed by atoms with Gasteiger partial charge in [0.2, 0.25) is 11.8 Å². The highest BCUT2D eigenvalue weighted by atomic mass is 35.5. The Kier molecular flexibility index (Phi) is 10.4. The molecule has 0 spiro atoms. The van der Waals surface area contributed by atoms with E-state index in [0.29, 0.717) is 28.6 Å². The Morgan fingerprint density at radius 1 is 0.923 bits per heavy atom. The molecule has 3 aromatic carbocycles. The van der Waals surface area contributed by atoms with Crippen molar-refractivity contribution in [1.82, 2.24) is 10.2 Å². The zero-order valence-electron chi connectivity index (χ0n) is 22.5. The average Bonchev–Trinajstić information content (AvgIpc) is 2.91. The molecule has 39 heavy (non-hydrogen) atoms. The second kappa shape index (κ2) is 13.5. The molecule has 0 unspecified atom stereocenters. The maximum absolute atomic E-state index is 13.9. The monoisotopic (exact) mass is 571 g/mol. The van der Waals surface area contributed by atoms with Crippen LogP contribution in [0.15, 0.2) is 83.8 Å². The van der Waals surface area contributed by atoms with E-state index in [1.54, 1.807) is 73.7 Å². The zero-order chi connectivity index (χ0) is 28.6. The third-order valence-corrected chi connectivity index (χ3v) is 8.10. The van der Waals surface area contributed by atoms with Crippen molar-refractivity contribution in [2.24, 2.45) is 0 Å². The van der Waals surface area contributed by atoms with Crippen LogP contribution in [0.2, 0.25) is 5.02 Å². The molecule has 0 aliphatic rings. The van der Waals surface area contributed by atoms with Gasteiger partial charge in [0, 0.05) is 17.6 Å². The van der Waals surface area contributed by atoms with Gasteiger partial charge in [0.15, 0.2) is 0 Å². The maximum Gasteiger partial charge on any atom is 0.264 e. The van der Waals surface area contributed by atoms with Crippen molar-refractivity contribution >= 4 is 39.1 Å². The summed E-state index contributed by atoms with van der Waals surface area (Å²) in [6.07, 6.45) is 0. The fourth-order valence-corrected chi connectivity index (χ4v) is 5.53. The fraction of sp³-hybridized carbons (Fsp3) is 0.310. The van der Waals surface area contributed by atoms with Gasteiger partial charge < -0.3 is 15.0 Å². The molecule has 208 valence electrons. The van der Waals surface area contributed by atoms with Gasteiger partial charge in [0.25, 0.3) is 10.0 Å². The molecule has 10 heteroatoms. The van der Waals surface area contributed by atoms with Crippen molar-refractivity contribution in [3.05, 3.63) is 89.4 Å². The molecule has 3 aromatic rings. The minimum absolute atomic E-state index is 0.00543. The number of halogens is 1. The van der Waals surface area contributed by atoms with E-state index < -0.39 is 28.5 Å². The van der Waals surface area contributed by atoms with Crippen molar-refractivity contribution in [1.29, 1.82) is 0 Å². The lowest BCUT2D eigenvalue weighted by atomic mass is 10.1. The summed E-state index contributed by atoms with van der Waals surface area (Å²) >= 11 is 6.38. The fourth-order valence-electron chi connectivity index (χ4n) is 3.92. The van der Waals surface area contributed by atoms with Crippen molar-refractivity contribution in [2.75, 3.05) is 17.5 Å². The van der Waals surface area contributed by atoms with E-state index in [4.69, 9.17) is 16.3 Å². The Balaban J connectivity index is 2.00. The first kappa shape index (κ1) is 30.0. The smallest absolute Gasteiger partial charge is 0.264 e. The van der Waals surface area contributed by atoms with Crippen LogP contribution in [0.1, 0.15) is 33.3 Å². The number of nitrogens with one attached hydrogen (secondary N) is 1. The minimum Gasteiger partial charge on any atom is -0.494 e. The predicted octanol–water partition coefficient (Wildman–Crippen LogP) is 4.88. The topological polar surface area (TPSA) is 96.0 Å². The second-order valence-electron chi connectivity index (χ2n) is 9.20. The SMILES string of the molecule is CCOc1ccc(S(=O)(=O)N(CC(=O)N(Cc2ccccc2Cl)[C@@H](C)C(=O)NC(C)C)c2ccccc2)cc1. The van der Waals surface area contributed by atoms with Crippen molar-refractivity contribution in [3.63, 3.8) is 0 Å². The van der Waals surface area contributed by atoms with E-state index in [1.807, 2.05) is 20.8 Å². The second-order valence-corrected chi connectivity index (χ2v) is 11.5. The maximum atomic E-state index is 13.9. The molecule has 1 N–H and O–H groups in total. The summed E-state index contributed by atoms with van der Waals surface area (Å²) in [5.41, 5.74) is 0.953. The Morgan fingerprint density at radius 3 is 2.13 bits per heavy atom. The molecule has 0 aliphatic carbocycles. The number of hydrogen-bond donors (Lipinski definition) is 1. The third kappa shape index (κ3) is 7.74. The summed E-state index contributed by atoms with van der Waals surface area (Å²) in [6, 6.07) is 20.4. The minimum atomic E-state index is -4.16. The number of carbonyl (C=O) groups is 2. The molecule has 0 saturated heterocycles. The highest BCUT2D eigenvalue weighted by molar-refractivity contribution is 7.92. The van der Waals surface area contributed by atoms with Gasteiger partial charge in [-0.05, 0) is 75.7 Å². The van der Waals surface area contributed by atoms with E-state index in [-0.39, 0.29) is 23.4 Å². The Morgan fingerprint density at radius 2 is 1.54 bits per heavy atom. The molecule has 0 heterocycles. The molecule has 0 radical (unpaired) electrons. The van der Waals surface area contributed by atoms with Crippen LogP contribution >= 0.6 is 11.6 Å². The van der Waals surface area contributed by atoms with Crippen LogP contribution in [0.25, 0.3) is 0 Å². The van der Waals surface area contributed by atoms with Gasteiger partial charge in [-0.3, -0.25) is 13.9 Å². The van der Waals surface area contributed by atoms with Gasteiger partial charge >= 0.3 is 0 Å². The molecule has 0 saturated carbocycles. The van der Waals surface area contributed by atoms with E-state index in [0.717, 1.165) is 4.31 Å². The number of carbonyl (C=O) groups excluding carboxylic acids is 2. The van der Waals surface area contributed by atoms with Crippen LogP contribution in [0.3, 0.4) is 0 Å². The number of ether oxygens (including phenoxy) is 1. The largest absolute Gasteiger partial charge is 0.494 e. The Labute approximate surface area is 235 Å². The van der Waals surface area contributed by atoms with Crippen LogP contribution in [0.5, 0.6) is 5.75 Å². The van der Waals surface area contributed by atoms with Crippen LogP contribution in [0, 0.1) is 0 Å². The Hall–Kier alpha value is -3.56. The number of rotatable bonds is 12. The van der Waals surface area contributed by atoms with Crippen LogP contribution in [-0.4, -0.2) is 50.4 Å². The highest BCUT2D eigenvalue weighted by Gasteiger charge is 2.33. The quantitative estimate of drug-likeness (QED) is 0.334. The van der Waals surface area contributed by atoms with Gasteiger partial charge in [0.1, 0.15) is 18.3 Å². The molecule has 8 nitrogen and oxygen atoms in total. The molecule has 0 bridgehead atoms. The lowest BCUT2D eigenvalue weighted by molar-refractivity contribution is -0.139. The number of amides is 2. The number of benzene rings is 3. The normalized spacial score (nSPS) is 12.1. The summed E-state index contributed by atoms with van der Waals surface area (Å²) in [4.78, 5) is 28.2. The molecular formula is C29H34ClN3O5S. The molecule has 1 atom stereocenters. The van der Waals surface area contributed by atoms with Crippen LogP contribution < -0.4 is 14.4 Å². The average molecular weight is 572 g/mol. The zero-order valence-corrected chi connectivity index (χ0v) is 24.1. The first-order valence-electron chi connectivity index (χ1n) is 12.7. The molecule has 0 aromatic heterocycles. The van der Waals surface area contributed by atoms with Gasteiger partial charge in [-0.15, -0.1) is 0 Å². The summed E-state index contributed by atoms with van der Waals surface area (Å²) in [6.45, 7) is 7.04. The molecule has 2 amide bonds. The third-order valence-electron chi connectivity index (χ3n) is 5.94. The summed E-state index contributed by atoms with van der Waals surface area (Å²) < 4.78 is 34.2. The number of anilines is 1. The molecule has 0 aliphatic heterocycles. The summed E-state index contributed by atoms with van der Waals surface area (Å²) in [5, 5.41) is 3.26. The first-order valence-corrected chi connectivity index (χ1v) is 14.5. The van der Waals surface area contributed by atoms with Gasteiger partial charge in [-0.25, -0.2) is 8.42 Å². The van der Waals surface area contributed by atoms with Gasteiger partial charge in [-0.2, -0.15) is 0 Å². The standard InChI is InChI=1S/C29H34ClN3O5S/c1-5-38-25-15-17-26(18-16-25)39(36,37)33(24-12-7-6-8-13-24)20-28(34)32(22(4)29(35)31-21(2)3)19-23-11-9-10-14-27(23)30/h6-18,21-22H,5,19-20H2,1-4H3,(H,31,35)/t22-/m0/s1. The number of para-hydroxylation sites is 1.